The average Bonchev–Trinajstić information content (AvgIpc) is 3.07. The summed E-state index contributed by atoms with van der Waals surface area (Å²) in [6.45, 7) is 0. The first-order valence-electron chi connectivity index (χ1n) is 10.4. The van der Waals surface area contributed by atoms with Crippen LogP contribution in [0.15, 0.2) is 30.3 Å². The molecule has 4 saturated carbocycles. The van der Waals surface area contributed by atoms with Gasteiger partial charge in [-0.3, -0.25) is 0 Å². The molecule has 1 aromatic rings. The highest BCUT2D eigenvalue weighted by Gasteiger charge is 2.50. The summed E-state index contributed by atoms with van der Waals surface area (Å²) in [5.74, 6) is 7.45. The summed E-state index contributed by atoms with van der Waals surface area (Å²) in [5.41, 5.74) is 1.63. The quantitative estimate of drug-likeness (QED) is 0.561. The Morgan fingerprint density at radius 3 is 2.17 bits per heavy atom. The fourth-order valence-electron chi connectivity index (χ4n) is 7.47. The number of rotatable bonds is 1. The summed E-state index contributed by atoms with van der Waals surface area (Å²) in [6.07, 6.45) is 15.5. The Bertz CT molecular complexity index is 532. The molecule has 0 heteroatoms. The van der Waals surface area contributed by atoms with Gasteiger partial charge in [0.15, 0.2) is 0 Å². The summed E-state index contributed by atoms with van der Waals surface area (Å²) in [7, 11) is 0. The van der Waals surface area contributed by atoms with Gasteiger partial charge < -0.3 is 0 Å². The molecule has 7 atom stereocenters. The van der Waals surface area contributed by atoms with Gasteiger partial charge in [-0.15, -0.1) is 0 Å². The molecule has 0 aromatic heterocycles. The molecule has 4 aliphatic rings. The van der Waals surface area contributed by atoms with E-state index in [4.69, 9.17) is 0 Å². The molecule has 1 aromatic carbocycles. The highest BCUT2D eigenvalue weighted by atomic mass is 14.5. The van der Waals surface area contributed by atoms with Crippen molar-refractivity contribution in [1.29, 1.82) is 0 Å². The van der Waals surface area contributed by atoms with Crippen LogP contribution in [0.5, 0.6) is 0 Å². The van der Waals surface area contributed by atoms with Gasteiger partial charge >= 0.3 is 0 Å². The van der Waals surface area contributed by atoms with Crippen molar-refractivity contribution in [1.82, 2.24) is 0 Å². The Kier molecular flexibility index (Phi) is 3.76. The molecule has 4 aliphatic carbocycles. The van der Waals surface area contributed by atoms with Crippen LogP contribution in [0.25, 0.3) is 0 Å². The van der Waals surface area contributed by atoms with Crippen LogP contribution in [0, 0.1) is 35.5 Å². The van der Waals surface area contributed by atoms with Gasteiger partial charge in [0.1, 0.15) is 0 Å². The van der Waals surface area contributed by atoms with Gasteiger partial charge in [0.05, 0.1) is 0 Å². The third-order valence-corrected chi connectivity index (χ3v) is 8.38. The molecular formula is C23H32. The Morgan fingerprint density at radius 1 is 0.565 bits per heavy atom. The molecule has 2 unspecified atom stereocenters. The predicted molar refractivity (Wildman–Crippen MR) is 96.3 cm³/mol. The molecule has 0 N–H and O–H groups in total. The van der Waals surface area contributed by atoms with E-state index < -0.39 is 0 Å². The number of hydrogen-bond donors (Lipinski definition) is 0. The summed E-state index contributed by atoms with van der Waals surface area (Å²) in [6, 6.07) is 11.4. The first-order chi connectivity index (χ1) is 11.4. The zero-order valence-corrected chi connectivity index (χ0v) is 14.5. The van der Waals surface area contributed by atoms with Gasteiger partial charge in [-0.25, -0.2) is 0 Å². The third-order valence-electron chi connectivity index (χ3n) is 8.38. The highest BCUT2D eigenvalue weighted by molar-refractivity contribution is 5.21. The Hall–Kier alpha value is -0.780. The molecule has 0 aliphatic heterocycles. The maximum Gasteiger partial charge on any atom is -0.0156 e. The minimum absolute atomic E-state index is 0.869. The lowest BCUT2D eigenvalue weighted by Crippen LogP contribution is -2.43. The van der Waals surface area contributed by atoms with Gasteiger partial charge in [0.25, 0.3) is 0 Å². The lowest BCUT2D eigenvalue weighted by molar-refractivity contribution is -0.0184. The molecule has 0 saturated heterocycles. The van der Waals surface area contributed by atoms with Crippen LogP contribution >= 0.6 is 0 Å². The molecule has 5 rings (SSSR count). The molecular weight excluding hydrogens is 276 g/mol. The van der Waals surface area contributed by atoms with E-state index >= 15 is 0 Å². The summed E-state index contributed by atoms with van der Waals surface area (Å²) in [5, 5.41) is 0. The predicted octanol–water partition coefficient (Wildman–Crippen LogP) is 6.42. The van der Waals surface area contributed by atoms with Gasteiger partial charge in [0.2, 0.25) is 0 Å². The van der Waals surface area contributed by atoms with Crippen molar-refractivity contribution < 1.29 is 0 Å². The van der Waals surface area contributed by atoms with Crippen molar-refractivity contribution in [3.8, 4) is 0 Å². The van der Waals surface area contributed by atoms with E-state index in [0.717, 1.165) is 41.4 Å². The summed E-state index contributed by atoms with van der Waals surface area (Å²) in [4.78, 5) is 0. The Balaban J connectivity index is 1.35. The standard InChI is InChI=1S/C23H32/c1-2-6-16(7-3-1)19-14-18-11-13-21-20-9-5-4-8-17(20)10-12-22(21)23(18)15-19/h1-3,6-7,17-23H,4-5,8-15H2/t17?,18-,19?,20+,21-,22-,23-/m1/s1. The number of fused-ring (bicyclic) bond motifs is 5. The highest BCUT2D eigenvalue weighted by Crippen LogP contribution is 2.60. The topological polar surface area (TPSA) is 0 Å². The molecule has 0 spiro atoms. The van der Waals surface area contributed by atoms with Crippen molar-refractivity contribution in [3.63, 3.8) is 0 Å². The lowest BCUT2D eigenvalue weighted by atomic mass is 9.54. The zero-order valence-electron chi connectivity index (χ0n) is 14.5. The van der Waals surface area contributed by atoms with Crippen molar-refractivity contribution in [2.45, 2.75) is 70.1 Å². The van der Waals surface area contributed by atoms with E-state index in [0.29, 0.717) is 0 Å². The SMILES string of the molecule is c1ccc(C2C[C@H]3CC[C@H]4[C@@H](CCC5CCCC[C@@H]54)[C@@H]3C2)cc1. The Labute approximate surface area is 142 Å². The van der Waals surface area contributed by atoms with Crippen LogP contribution in [0.3, 0.4) is 0 Å². The summed E-state index contributed by atoms with van der Waals surface area (Å²) < 4.78 is 0. The second kappa shape index (κ2) is 5.94. The molecule has 0 radical (unpaired) electrons. The van der Waals surface area contributed by atoms with Crippen LogP contribution in [0.4, 0.5) is 0 Å². The first-order valence-corrected chi connectivity index (χ1v) is 10.4. The van der Waals surface area contributed by atoms with Crippen molar-refractivity contribution >= 4 is 0 Å². The number of hydrogen-bond acceptors (Lipinski definition) is 0. The fourth-order valence-corrected chi connectivity index (χ4v) is 7.47. The molecule has 4 fully saturated rings. The van der Waals surface area contributed by atoms with Crippen LogP contribution in [0.2, 0.25) is 0 Å². The monoisotopic (exact) mass is 308 g/mol. The van der Waals surface area contributed by atoms with Gasteiger partial charge in [0, 0.05) is 0 Å². The van der Waals surface area contributed by atoms with E-state index in [1.807, 2.05) is 0 Å². The van der Waals surface area contributed by atoms with Crippen LogP contribution in [0.1, 0.15) is 75.7 Å². The first kappa shape index (κ1) is 14.6. The zero-order chi connectivity index (χ0) is 15.2. The molecule has 0 nitrogen and oxygen atoms in total. The minimum Gasteiger partial charge on any atom is -0.0622 e. The molecule has 0 heterocycles. The normalized spacial score (nSPS) is 45.8. The number of benzene rings is 1. The smallest absolute Gasteiger partial charge is 0.0156 e. The third kappa shape index (κ3) is 2.48. The maximum absolute atomic E-state index is 2.39. The van der Waals surface area contributed by atoms with Gasteiger partial charge in [-0.05, 0) is 91.9 Å². The minimum atomic E-state index is 0.869. The van der Waals surface area contributed by atoms with Crippen molar-refractivity contribution in [2.24, 2.45) is 35.5 Å². The maximum atomic E-state index is 2.39. The fraction of sp³-hybridized carbons (Fsp3) is 0.739. The molecule has 0 bridgehead atoms. The van der Waals surface area contributed by atoms with E-state index in [1.165, 1.54) is 25.7 Å². The molecule has 23 heavy (non-hydrogen) atoms. The van der Waals surface area contributed by atoms with E-state index in [1.54, 1.807) is 44.1 Å². The lowest BCUT2D eigenvalue weighted by Gasteiger charge is -2.51. The largest absolute Gasteiger partial charge is 0.0622 e. The van der Waals surface area contributed by atoms with E-state index in [2.05, 4.69) is 30.3 Å². The van der Waals surface area contributed by atoms with Gasteiger partial charge in [-0.1, -0.05) is 49.6 Å². The molecule has 0 amide bonds. The van der Waals surface area contributed by atoms with E-state index in [-0.39, 0.29) is 0 Å². The van der Waals surface area contributed by atoms with Crippen LogP contribution in [-0.2, 0) is 0 Å². The second-order valence-corrected chi connectivity index (χ2v) is 9.19. The van der Waals surface area contributed by atoms with Crippen LogP contribution < -0.4 is 0 Å². The Morgan fingerprint density at radius 2 is 1.30 bits per heavy atom. The van der Waals surface area contributed by atoms with E-state index in [9.17, 15) is 0 Å². The second-order valence-electron chi connectivity index (χ2n) is 9.19. The summed E-state index contributed by atoms with van der Waals surface area (Å²) >= 11 is 0. The van der Waals surface area contributed by atoms with Crippen molar-refractivity contribution in [3.05, 3.63) is 35.9 Å². The van der Waals surface area contributed by atoms with Crippen molar-refractivity contribution in [2.75, 3.05) is 0 Å². The van der Waals surface area contributed by atoms with Crippen LogP contribution in [-0.4, -0.2) is 0 Å². The molecule has 124 valence electrons. The average molecular weight is 309 g/mol. The van der Waals surface area contributed by atoms with Gasteiger partial charge in [-0.2, -0.15) is 0 Å².